The summed E-state index contributed by atoms with van der Waals surface area (Å²) in [6.07, 6.45) is 0.717. The lowest BCUT2D eigenvalue weighted by molar-refractivity contribution is -0.122. The quantitative estimate of drug-likeness (QED) is 0.379. The van der Waals surface area contributed by atoms with E-state index in [1.54, 1.807) is 24.3 Å². The van der Waals surface area contributed by atoms with Crippen LogP contribution >= 0.6 is 11.5 Å². The molecule has 0 fully saturated rings. The molecule has 0 saturated heterocycles. The van der Waals surface area contributed by atoms with E-state index in [9.17, 15) is 18.8 Å². The molecule has 0 aliphatic heterocycles. The summed E-state index contributed by atoms with van der Waals surface area (Å²) in [6.45, 7) is 4.42. The topological polar surface area (TPSA) is 141 Å². The standard InChI is InChI=1S/C25H28FN5O4S/c1-14(2)12-13-29-24(33)21(15-8-10-16(26)11-9-15)31(17-6-4-5-7-18(17)35-3)25(34)22-19(27)20(23(28)32)30-36-22/h4-11,14,21H,12-13,27H2,1-3H3,(H2,28,32)(H,29,33). The highest BCUT2D eigenvalue weighted by Gasteiger charge is 2.37. The second-order valence-corrected chi connectivity index (χ2v) is 9.19. The third-order valence-corrected chi connectivity index (χ3v) is 6.28. The molecule has 1 unspecified atom stereocenters. The van der Waals surface area contributed by atoms with E-state index in [-0.39, 0.29) is 21.9 Å². The number of aromatic nitrogens is 1. The van der Waals surface area contributed by atoms with Crippen LogP contribution in [-0.2, 0) is 4.79 Å². The van der Waals surface area contributed by atoms with Crippen LogP contribution in [0.1, 0.15) is 52.0 Å². The van der Waals surface area contributed by atoms with Crippen LogP contribution in [0.4, 0.5) is 15.8 Å². The van der Waals surface area contributed by atoms with Crippen LogP contribution in [0.3, 0.4) is 0 Å². The third kappa shape index (κ3) is 5.80. The molecule has 11 heteroatoms. The monoisotopic (exact) mass is 513 g/mol. The van der Waals surface area contributed by atoms with Crippen LogP contribution in [-0.4, -0.2) is 35.7 Å². The first-order chi connectivity index (χ1) is 17.1. The van der Waals surface area contributed by atoms with Gasteiger partial charge in [-0.2, -0.15) is 4.37 Å². The van der Waals surface area contributed by atoms with Crippen molar-refractivity contribution in [2.45, 2.75) is 26.3 Å². The Morgan fingerprint density at radius 2 is 1.81 bits per heavy atom. The fraction of sp³-hybridized carbons (Fsp3) is 0.280. The summed E-state index contributed by atoms with van der Waals surface area (Å²) in [6, 6.07) is 10.7. The van der Waals surface area contributed by atoms with Gasteiger partial charge in [-0.15, -0.1) is 0 Å². The van der Waals surface area contributed by atoms with Crippen LogP contribution < -0.4 is 26.4 Å². The maximum Gasteiger partial charge on any atom is 0.273 e. The van der Waals surface area contributed by atoms with Gasteiger partial charge < -0.3 is 21.5 Å². The number of primary amides is 1. The lowest BCUT2D eigenvalue weighted by Gasteiger charge is -2.32. The van der Waals surface area contributed by atoms with Crippen molar-refractivity contribution >= 4 is 40.6 Å². The van der Waals surface area contributed by atoms with Gasteiger partial charge in [0.25, 0.3) is 11.8 Å². The van der Waals surface area contributed by atoms with Gasteiger partial charge in [0.05, 0.1) is 18.5 Å². The van der Waals surface area contributed by atoms with Crippen molar-refractivity contribution in [1.29, 1.82) is 0 Å². The fourth-order valence-corrected chi connectivity index (χ4v) is 4.32. The summed E-state index contributed by atoms with van der Waals surface area (Å²) in [5.41, 5.74) is 11.6. The second-order valence-electron chi connectivity index (χ2n) is 8.41. The Kier molecular flexibility index (Phi) is 8.59. The number of hydrogen-bond acceptors (Lipinski definition) is 7. The van der Waals surface area contributed by atoms with Crippen molar-refractivity contribution in [2.24, 2.45) is 11.7 Å². The third-order valence-electron chi connectivity index (χ3n) is 5.43. The molecule has 3 amide bonds. The number of amides is 3. The zero-order valence-corrected chi connectivity index (χ0v) is 21.0. The maximum atomic E-state index is 14.0. The molecule has 1 atom stereocenters. The zero-order chi connectivity index (χ0) is 26.4. The molecule has 0 aliphatic rings. The second kappa shape index (κ2) is 11.6. The van der Waals surface area contributed by atoms with Crippen LogP contribution in [0.25, 0.3) is 0 Å². The van der Waals surface area contributed by atoms with E-state index in [1.807, 2.05) is 13.8 Å². The van der Waals surface area contributed by atoms with Crippen LogP contribution in [0.5, 0.6) is 5.75 Å². The normalized spacial score (nSPS) is 11.7. The van der Waals surface area contributed by atoms with Crippen LogP contribution in [0, 0.1) is 11.7 Å². The van der Waals surface area contributed by atoms with E-state index >= 15 is 0 Å². The van der Waals surface area contributed by atoms with Gasteiger partial charge in [-0.1, -0.05) is 38.1 Å². The number of carbonyl (C=O) groups excluding carboxylic acids is 3. The summed E-state index contributed by atoms with van der Waals surface area (Å²) < 4.78 is 23.2. The number of nitrogen functional groups attached to an aromatic ring is 1. The highest BCUT2D eigenvalue weighted by molar-refractivity contribution is 7.09. The molecule has 5 N–H and O–H groups in total. The van der Waals surface area contributed by atoms with Gasteiger partial charge in [-0.05, 0) is 53.7 Å². The minimum Gasteiger partial charge on any atom is -0.495 e. The SMILES string of the molecule is COc1ccccc1N(C(=O)c1snc(C(N)=O)c1N)C(C(=O)NCCC(C)C)c1ccc(F)cc1. The highest BCUT2D eigenvalue weighted by Crippen LogP contribution is 2.37. The Bertz CT molecular complexity index is 1250. The summed E-state index contributed by atoms with van der Waals surface area (Å²) >= 11 is 0.698. The Labute approximate surface area is 212 Å². The van der Waals surface area contributed by atoms with Crippen molar-refractivity contribution in [3.05, 3.63) is 70.5 Å². The van der Waals surface area contributed by atoms with Crippen molar-refractivity contribution in [2.75, 3.05) is 24.3 Å². The lowest BCUT2D eigenvalue weighted by Crippen LogP contribution is -2.44. The van der Waals surface area contributed by atoms with Gasteiger partial charge in [0.1, 0.15) is 22.5 Å². The highest BCUT2D eigenvalue weighted by atomic mass is 32.1. The Hall–Kier alpha value is -3.99. The molecule has 9 nitrogen and oxygen atoms in total. The van der Waals surface area contributed by atoms with Gasteiger partial charge in [-0.3, -0.25) is 19.3 Å². The molecule has 0 saturated carbocycles. The van der Waals surface area contributed by atoms with E-state index in [2.05, 4.69) is 9.69 Å². The van der Waals surface area contributed by atoms with Gasteiger partial charge >= 0.3 is 0 Å². The molecule has 0 spiro atoms. The summed E-state index contributed by atoms with van der Waals surface area (Å²) in [5, 5.41) is 2.87. The number of para-hydroxylation sites is 2. The molecule has 0 bridgehead atoms. The van der Waals surface area contributed by atoms with Crippen molar-refractivity contribution in [1.82, 2.24) is 9.69 Å². The summed E-state index contributed by atoms with van der Waals surface area (Å²) in [4.78, 5) is 40.4. The van der Waals surface area contributed by atoms with Gasteiger partial charge in [0.2, 0.25) is 5.91 Å². The number of halogens is 1. The minimum atomic E-state index is -1.22. The average Bonchev–Trinajstić information content (AvgIpc) is 3.24. The number of nitrogens with one attached hydrogen (secondary N) is 1. The van der Waals surface area contributed by atoms with E-state index < -0.39 is 29.6 Å². The van der Waals surface area contributed by atoms with E-state index in [1.165, 1.54) is 36.3 Å². The number of ether oxygens (including phenoxy) is 1. The zero-order valence-electron chi connectivity index (χ0n) is 20.2. The summed E-state index contributed by atoms with van der Waals surface area (Å²) in [7, 11) is 1.43. The fourth-order valence-electron chi connectivity index (χ4n) is 3.58. The van der Waals surface area contributed by atoms with Crippen molar-refractivity contribution in [3.8, 4) is 5.75 Å². The molecular formula is C25H28FN5O4S. The first kappa shape index (κ1) is 26.6. The molecule has 1 aromatic heterocycles. The number of rotatable bonds is 10. The molecule has 2 aromatic carbocycles. The number of nitrogens with zero attached hydrogens (tertiary/aromatic N) is 2. The number of carbonyl (C=O) groups is 3. The molecule has 0 aliphatic carbocycles. The molecule has 1 heterocycles. The van der Waals surface area contributed by atoms with E-state index in [4.69, 9.17) is 16.2 Å². The largest absolute Gasteiger partial charge is 0.495 e. The predicted molar refractivity (Wildman–Crippen MR) is 136 cm³/mol. The smallest absolute Gasteiger partial charge is 0.273 e. The van der Waals surface area contributed by atoms with Gasteiger partial charge in [-0.25, -0.2) is 4.39 Å². The molecule has 0 radical (unpaired) electrons. The number of anilines is 2. The van der Waals surface area contributed by atoms with Crippen molar-refractivity contribution < 1.29 is 23.5 Å². The number of hydrogen-bond donors (Lipinski definition) is 3. The van der Waals surface area contributed by atoms with E-state index in [0.29, 0.717) is 41.7 Å². The number of methoxy groups -OCH3 is 1. The first-order valence-electron chi connectivity index (χ1n) is 11.2. The Morgan fingerprint density at radius 1 is 1.14 bits per heavy atom. The Balaban J connectivity index is 2.20. The van der Waals surface area contributed by atoms with Crippen LogP contribution in [0.2, 0.25) is 0 Å². The van der Waals surface area contributed by atoms with Gasteiger partial charge in [0.15, 0.2) is 5.69 Å². The first-order valence-corrected chi connectivity index (χ1v) is 12.0. The molecule has 190 valence electrons. The van der Waals surface area contributed by atoms with Gasteiger partial charge in [0, 0.05) is 6.54 Å². The maximum absolute atomic E-state index is 14.0. The predicted octanol–water partition coefficient (Wildman–Crippen LogP) is 3.52. The van der Waals surface area contributed by atoms with Crippen LogP contribution in [0.15, 0.2) is 48.5 Å². The molecular weight excluding hydrogens is 485 g/mol. The number of nitrogens with two attached hydrogens (primary N) is 2. The van der Waals surface area contributed by atoms with Crippen molar-refractivity contribution in [3.63, 3.8) is 0 Å². The van der Waals surface area contributed by atoms with E-state index in [0.717, 1.165) is 0 Å². The lowest BCUT2D eigenvalue weighted by atomic mass is 10.0. The Morgan fingerprint density at radius 3 is 2.39 bits per heavy atom. The summed E-state index contributed by atoms with van der Waals surface area (Å²) in [5.74, 6) is -1.91. The molecule has 36 heavy (non-hydrogen) atoms. The molecule has 3 aromatic rings. The average molecular weight is 514 g/mol. The molecule has 3 rings (SSSR count). The minimum absolute atomic E-state index is 0.0724. The number of benzene rings is 2.